The highest BCUT2D eigenvalue weighted by molar-refractivity contribution is 7.50. The van der Waals surface area contributed by atoms with Crippen LogP contribution in [0.4, 0.5) is 0 Å². The number of rotatable bonds is 5. The first-order chi connectivity index (χ1) is 11.6. The number of aliphatic hydroxyl groups is 2. The molecule has 1 aliphatic carbocycles. The fourth-order valence-corrected chi connectivity index (χ4v) is 3.07. The van der Waals surface area contributed by atoms with Crippen molar-refractivity contribution < 1.29 is 34.5 Å². The lowest BCUT2D eigenvalue weighted by Crippen LogP contribution is -2.28. The number of phenolic OH excluding ortho intramolecular Hbond substituents is 1. The average molecular weight is 367 g/mol. The van der Waals surface area contributed by atoms with E-state index in [9.17, 15) is 24.7 Å². The molecule has 2 unspecified atom stereocenters. The summed E-state index contributed by atoms with van der Waals surface area (Å²) in [4.78, 5) is 30.6. The number of Topliss-reactive ketones (excluding diaryl/α,β-unsaturated/α-hetero) is 1. The van der Waals surface area contributed by atoms with Crippen molar-refractivity contribution in [1.82, 2.24) is 0 Å². The topological polar surface area (TPSA) is 148 Å². The Labute approximate surface area is 143 Å². The third-order valence-electron chi connectivity index (χ3n) is 3.70. The molecule has 134 valence electrons. The van der Waals surface area contributed by atoms with Gasteiger partial charge in [0.05, 0.1) is 5.71 Å². The first kappa shape index (κ1) is 18.9. The summed E-state index contributed by atoms with van der Waals surface area (Å²) in [5, 5.41) is 29.0. The van der Waals surface area contributed by atoms with Crippen LogP contribution >= 0.6 is 7.75 Å². The van der Waals surface area contributed by atoms with Gasteiger partial charge in [-0.05, 0) is 23.6 Å². The third-order valence-corrected chi connectivity index (χ3v) is 4.19. The Kier molecular flexibility index (Phi) is 5.47. The van der Waals surface area contributed by atoms with Gasteiger partial charge in [-0.2, -0.15) is 4.76 Å². The molecule has 0 amide bonds. The lowest BCUT2D eigenvalue weighted by molar-refractivity contribution is -0.121. The van der Waals surface area contributed by atoms with E-state index in [1.165, 1.54) is 12.1 Å². The van der Waals surface area contributed by atoms with Crippen molar-refractivity contribution in [1.29, 1.82) is 0 Å². The molecule has 0 radical (unpaired) electrons. The second kappa shape index (κ2) is 7.23. The Hall–Kier alpha value is -2.41. The van der Waals surface area contributed by atoms with Gasteiger partial charge in [-0.1, -0.05) is 19.1 Å². The molecule has 0 aromatic heterocycles. The molecule has 0 bridgehead atoms. The number of carbonyl (C=O) groups is 1. The summed E-state index contributed by atoms with van der Waals surface area (Å²) >= 11 is 0. The number of aromatic hydroxyl groups is 1. The number of aliphatic hydroxyl groups excluding tert-OH is 2. The van der Waals surface area contributed by atoms with E-state index in [4.69, 9.17) is 9.79 Å². The van der Waals surface area contributed by atoms with Gasteiger partial charge in [-0.3, -0.25) is 4.79 Å². The number of ketones is 1. The van der Waals surface area contributed by atoms with Crippen molar-refractivity contribution in [3.8, 4) is 5.75 Å². The minimum Gasteiger partial charge on any atom is -0.511 e. The average Bonchev–Trinajstić information content (AvgIpc) is 2.44. The fraction of sp³-hybridized carbons (Fsp3) is 0.250. The standard InChI is InChI=1S/C16H18NO7P/c1-9(10-3-2-4-11(18)6-10)5-14(20)16-13(17-25(22,23)24)7-12(19)8-15(16)21/h2-4,6-9,16,18-19,21H,5H2,1H3,(H2,22,23,24)/b17-13+. The highest BCUT2D eigenvalue weighted by Crippen LogP contribution is 2.39. The molecule has 0 fully saturated rings. The largest absolute Gasteiger partial charge is 0.511 e. The number of carbonyl (C=O) groups excluding carboxylic acids is 1. The molecule has 0 saturated heterocycles. The first-order valence-corrected chi connectivity index (χ1v) is 8.92. The summed E-state index contributed by atoms with van der Waals surface area (Å²) in [6.07, 6.45) is 1.79. The van der Waals surface area contributed by atoms with Crippen molar-refractivity contribution in [2.24, 2.45) is 10.7 Å². The molecular weight excluding hydrogens is 349 g/mol. The van der Waals surface area contributed by atoms with E-state index in [1.54, 1.807) is 19.1 Å². The molecule has 1 aromatic carbocycles. The van der Waals surface area contributed by atoms with Crippen molar-refractivity contribution in [2.45, 2.75) is 19.3 Å². The van der Waals surface area contributed by atoms with Gasteiger partial charge in [-0.25, -0.2) is 4.57 Å². The number of hydrogen-bond donors (Lipinski definition) is 5. The van der Waals surface area contributed by atoms with E-state index in [0.29, 0.717) is 5.56 Å². The number of hydrogen-bond acceptors (Lipinski definition) is 5. The number of benzene rings is 1. The molecule has 25 heavy (non-hydrogen) atoms. The summed E-state index contributed by atoms with van der Waals surface area (Å²) in [5.74, 6) is -3.17. The predicted molar refractivity (Wildman–Crippen MR) is 90.5 cm³/mol. The SMILES string of the molecule is CC(CC(=O)C1C(O)=CC(O)=C/C1=N\P(=O)(O)O)c1cccc(O)c1. The van der Waals surface area contributed by atoms with Crippen LogP contribution in [0.3, 0.4) is 0 Å². The smallest absolute Gasteiger partial charge is 0.448 e. The minimum absolute atomic E-state index is 0.0498. The summed E-state index contributed by atoms with van der Waals surface area (Å²) in [6.45, 7) is 1.74. The van der Waals surface area contributed by atoms with Crippen molar-refractivity contribution in [2.75, 3.05) is 0 Å². The van der Waals surface area contributed by atoms with Gasteiger partial charge in [0.1, 0.15) is 29.0 Å². The molecule has 1 aromatic rings. The maximum atomic E-state index is 12.6. The van der Waals surface area contributed by atoms with Gasteiger partial charge in [0.15, 0.2) is 0 Å². The number of allylic oxidation sites excluding steroid dienone is 3. The van der Waals surface area contributed by atoms with Crippen LogP contribution < -0.4 is 0 Å². The van der Waals surface area contributed by atoms with Crippen molar-refractivity contribution in [3.05, 3.63) is 53.5 Å². The number of nitrogens with zero attached hydrogens (tertiary/aromatic N) is 1. The van der Waals surface area contributed by atoms with E-state index in [2.05, 4.69) is 4.76 Å². The van der Waals surface area contributed by atoms with Crippen LogP contribution in [0, 0.1) is 5.92 Å². The summed E-state index contributed by atoms with van der Waals surface area (Å²) in [6, 6.07) is 6.35. The van der Waals surface area contributed by atoms with Crippen LogP contribution in [-0.2, 0) is 9.36 Å². The second-order valence-corrected chi connectivity index (χ2v) is 7.00. The van der Waals surface area contributed by atoms with Gasteiger partial charge < -0.3 is 25.1 Å². The van der Waals surface area contributed by atoms with Gasteiger partial charge in [0.25, 0.3) is 0 Å². The Morgan fingerprint density at radius 1 is 1.24 bits per heavy atom. The lowest BCUT2D eigenvalue weighted by atomic mass is 9.85. The highest BCUT2D eigenvalue weighted by atomic mass is 31.2. The summed E-state index contributed by atoms with van der Waals surface area (Å²) < 4.78 is 14.3. The van der Waals surface area contributed by atoms with Gasteiger partial charge in [-0.15, -0.1) is 0 Å². The molecule has 0 heterocycles. The normalized spacial score (nSPS) is 20.8. The van der Waals surface area contributed by atoms with E-state index in [-0.39, 0.29) is 18.1 Å². The molecular formula is C16H18NO7P. The highest BCUT2D eigenvalue weighted by Gasteiger charge is 2.33. The van der Waals surface area contributed by atoms with E-state index in [1.807, 2.05) is 0 Å². The molecule has 2 rings (SSSR count). The Morgan fingerprint density at radius 3 is 2.52 bits per heavy atom. The van der Waals surface area contributed by atoms with Crippen molar-refractivity contribution >= 4 is 19.2 Å². The zero-order chi connectivity index (χ0) is 18.8. The molecule has 0 saturated carbocycles. The second-order valence-electron chi connectivity index (χ2n) is 5.78. The van der Waals surface area contributed by atoms with Gasteiger partial charge >= 0.3 is 7.75 Å². The number of phenols is 1. The monoisotopic (exact) mass is 367 g/mol. The maximum Gasteiger partial charge on any atom is 0.448 e. The first-order valence-electron chi connectivity index (χ1n) is 7.35. The van der Waals surface area contributed by atoms with Crippen LogP contribution in [0.25, 0.3) is 0 Å². The fourth-order valence-electron chi connectivity index (χ4n) is 2.60. The quantitative estimate of drug-likeness (QED) is 0.502. The molecule has 8 nitrogen and oxygen atoms in total. The van der Waals surface area contributed by atoms with E-state index >= 15 is 0 Å². The zero-order valence-electron chi connectivity index (χ0n) is 13.3. The van der Waals surface area contributed by atoms with Crippen LogP contribution in [0.1, 0.15) is 24.8 Å². The van der Waals surface area contributed by atoms with Crippen molar-refractivity contribution in [3.63, 3.8) is 0 Å². The van der Waals surface area contributed by atoms with Crippen LogP contribution in [0.5, 0.6) is 5.75 Å². The molecule has 5 N–H and O–H groups in total. The third kappa shape index (κ3) is 5.03. The summed E-state index contributed by atoms with van der Waals surface area (Å²) in [7, 11) is -4.85. The molecule has 0 aliphatic heterocycles. The van der Waals surface area contributed by atoms with Gasteiger partial charge in [0.2, 0.25) is 0 Å². The van der Waals surface area contributed by atoms with Crippen LogP contribution in [0.15, 0.2) is 52.7 Å². The maximum absolute atomic E-state index is 12.6. The van der Waals surface area contributed by atoms with Crippen LogP contribution in [-0.4, -0.2) is 36.6 Å². The molecule has 2 atom stereocenters. The molecule has 1 aliphatic rings. The van der Waals surface area contributed by atoms with Gasteiger partial charge in [0, 0.05) is 18.6 Å². The summed E-state index contributed by atoms with van der Waals surface area (Å²) in [5.41, 5.74) is 0.290. The molecule has 9 heteroatoms. The molecule has 0 spiro atoms. The Morgan fingerprint density at radius 2 is 1.92 bits per heavy atom. The Balaban J connectivity index is 2.28. The predicted octanol–water partition coefficient (Wildman–Crippen LogP) is 2.50. The Bertz CT molecular complexity index is 822. The lowest BCUT2D eigenvalue weighted by Gasteiger charge is -2.21. The van der Waals surface area contributed by atoms with Crippen LogP contribution in [0.2, 0.25) is 0 Å². The zero-order valence-corrected chi connectivity index (χ0v) is 14.2. The minimum atomic E-state index is -4.85. The van der Waals surface area contributed by atoms with E-state index < -0.39 is 36.7 Å². The van der Waals surface area contributed by atoms with E-state index in [0.717, 1.165) is 12.2 Å².